The number of hydrogen-bond donors (Lipinski definition) is 4. The highest BCUT2D eigenvalue weighted by Gasteiger charge is 2.18. The maximum absolute atomic E-state index is 12.7. The summed E-state index contributed by atoms with van der Waals surface area (Å²) in [6.45, 7) is 0. The Balaban J connectivity index is 2.11. The molecule has 0 aliphatic heterocycles. The minimum Gasteiger partial charge on any atom is -0.497 e. The number of carbonyl (C=O) groups is 1. The van der Waals surface area contributed by atoms with Crippen LogP contribution in [0.4, 0.5) is 11.4 Å². The number of rotatable bonds is 4. The summed E-state index contributed by atoms with van der Waals surface area (Å²) in [4.78, 5) is 15.8. The number of nitrogens with two attached hydrogens (primary N) is 2. The van der Waals surface area contributed by atoms with Crippen molar-refractivity contribution in [2.24, 2.45) is 0 Å². The van der Waals surface area contributed by atoms with Gasteiger partial charge < -0.3 is 26.6 Å². The number of aromatic amines is 1. The van der Waals surface area contributed by atoms with Crippen molar-refractivity contribution in [1.29, 1.82) is 5.41 Å². The Morgan fingerprint density at radius 1 is 1.22 bits per heavy atom. The molecule has 0 aliphatic rings. The van der Waals surface area contributed by atoms with E-state index < -0.39 is 0 Å². The summed E-state index contributed by atoms with van der Waals surface area (Å²) in [5.41, 5.74) is 14.7. The van der Waals surface area contributed by atoms with Gasteiger partial charge in [-0.05, 0) is 36.4 Å². The van der Waals surface area contributed by atoms with Crippen molar-refractivity contribution in [2.45, 2.75) is 0 Å². The number of hydrogen-bond acceptors (Lipinski definition) is 5. The van der Waals surface area contributed by atoms with Gasteiger partial charge in [0.15, 0.2) is 0 Å². The van der Waals surface area contributed by atoms with Crippen molar-refractivity contribution in [3.8, 4) is 5.75 Å². The minimum absolute atomic E-state index is 0.249. The second-order valence-electron chi connectivity index (χ2n) is 5.14. The van der Waals surface area contributed by atoms with Crippen LogP contribution in [0.2, 0.25) is 0 Å². The van der Waals surface area contributed by atoms with Crippen LogP contribution in [0.5, 0.6) is 5.75 Å². The first kappa shape index (κ1) is 14.6. The summed E-state index contributed by atoms with van der Waals surface area (Å²) in [6, 6.07) is 10.2. The molecule has 3 rings (SSSR count). The molecule has 2 aromatic carbocycles. The molecule has 0 bridgehead atoms. The van der Waals surface area contributed by atoms with E-state index in [9.17, 15) is 4.79 Å². The second-order valence-corrected chi connectivity index (χ2v) is 5.14. The third-order valence-electron chi connectivity index (χ3n) is 3.78. The Kier molecular flexibility index (Phi) is 3.50. The molecule has 0 aliphatic carbocycles. The number of nitrogen functional groups attached to an aromatic ring is 2. The van der Waals surface area contributed by atoms with Gasteiger partial charge in [0.2, 0.25) is 5.78 Å². The van der Waals surface area contributed by atoms with E-state index in [1.807, 2.05) is 6.07 Å². The molecule has 0 atom stereocenters. The van der Waals surface area contributed by atoms with Crippen molar-refractivity contribution in [2.75, 3.05) is 18.6 Å². The number of aromatic nitrogens is 1. The lowest BCUT2D eigenvalue weighted by molar-refractivity contribution is 0.103. The van der Waals surface area contributed by atoms with E-state index in [-0.39, 0.29) is 5.78 Å². The number of fused-ring (bicyclic) bond motifs is 1. The van der Waals surface area contributed by atoms with Gasteiger partial charge in [-0.2, -0.15) is 0 Å². The van der Waals surface area contributed by atoms with Gasteiger partial charge in [-0.1, -0.05) is 0 Å². The van der Waals surface area contributed by atoms with Crippen LogP contribution in [0.25, 0.3) is 10.9 Å². The van der Waals surface area contributed by atoms with Crippen LogP contribution in [0.15, 0.2) is 36.4 Å². The topological polar surface area (TPSA) is 118 Å². The van der Waals surface area contributed by atoms with Gasteiger partial charge >= 0.3 is 0 Å². The number of ether oxygens (including phenoxy) is 1. The smallest absolute Gasteiger partial charge is 0.211 e. The normalized spacial score (nSPS) is 10.7. The van der Waals surface area contributed by atoms with Crippen molar-refractivity contribution in [3.63, 3.8) is 0 Å². The van der Waals surface area contributed by atoms with Gasteiger partial charge in [0, 0.05) is 33.9 Å². The Bertz CT molecular complexity index is 928. The molecule has 0 amide bonds. The molecule has 0 saturated heterocycles. The fraction of sp³-hybridized carbons (Fsp3) is 0.0588. The molecule has 6 N–H and O–H groups in total. The first-order valence-corrected chi connectivity index (χ1v) is 6.95. The van der Waals surface area contributed by atoms with Crippen LogP contribution < -0.4 is 16.2 Å². The summed E-state index contributed by atoms with van der Waals surface area (Å²) in [6.07, 6.45) is 1.12. The van der Waals surface area contributed by atoms with E-state index in [4.69, 9.17) is 21.6 Å². The van der Waals surface area contributed by atoms with E-state index in [1.54, 1.807) is 37.4 Å². The van der Waals surface area contributed by atoms with Crippen LogP contribution in [-0.4, -0.2) is 24.1 Å². The van der Waals surface area contributed by atoms with Gasteiger partial charge in [-0.15, -0.1) is 0 Å². The molecule has 0 unspecified atom stereocenters. The quantitative estimate of drug-likeness (QED) is 0.336. The number of nitrogens with one attached hydrogen (secondary N) is 2. The lowest BCUT2D eigenvalue weighted by atomic mass is 10.0. The van der Waals surface area contributed by atoms with Gasteiger partial charge in [-0.3, -0.25) is 4.79 Å². The summed E-state index contributed by atoms with van der Waals surface area (Å²) in [5, 5.41) is 8.07. The Hall–Kier alpha value is -3.28. The molecule has 0 radical (unpaired) electrons. The summed E-state index contributed by atoms with van der Waals surface area (Å²) < 4.78 is 5.18. The second kappa shape index (κ2) is 5.49. The number of benzene rings is 2. The van der Waals surface area contributed by atoms with Crippen molar-refractivity contribution in [3.05, 3.63) is 53.2 Å². The number of methoxy groups -OCH3 is 1. The molecule has 1 heterocycles. The number of carbonyl (C=O) groups excluding carboxylic acids is 1. The predicted octanol–water partition coefficient (Wildman–Crippen LogP) is 2.57. The van der Waals surface area contributed by atoms with Gasteiger partial charge in [0.25, 0.3) is 0 Å². The van der Waals surface area contributed by atoms with E-state index in [0.29, 0.717) is 33.9 Å². The Morgan fingerprint density at radius 2 is 2.00 bits per heavy atom. The van der Waals surface area contributed by atoms with Gasteiger partial charge in [0.05, 0.1) is 12.8 Å². The lowest BCUT2D eigenvalue weighted by Gasteiger charge is -2.04. The van der Waals surface area contributed by atoms with Crippen molar-refractivity contribution >= 4 is 34.3 Å². The molecular formula is C17H16N4O2. The van der Waals surface area contributed by atoms with Crippen molar-refractivity contribution < 1.29 is 9.53 Å². The summed E-state index contributed by atoms with van der Waals surface area (Å²) in [5.74, 6) is 0.418. The van der Waals surface area contributed by atoms with E-state index in [1.165, 1.54) is 0 Å². The molecule has 23 heavy (non-hydrogen) atoms. The highest BCUT2D eigenvalue weighted by atomic mass is 16.5. The van der Waals surface area contributed by atoms with E-state index in [2.05, 4.69) is 4.98 Å². The summed E-state index contributed by atoms with van der Waals surface area (Å²) in [7, 11) is 1.57. The number of anilines is 2. The van der Waals surface area contributed by atoms with Gasteiger partial charge in [-0.25, -0.2) is 0 Å². The van der Waals surface area contributed by atoms with Crippen LogP contribution in [0.3, 0.4) is 0 Å². The fourth-order valence-corrected chi connectivity index (χ4v) is 2.48. The molecule has 116 valence electrons. The van der Waals surface area contributed by atoms with E-state index in [0.717, 1.165) is 17.1 Å². The maximum Gasteiger partial charge on any atom is 0.211 e. The molecule has 0 saturated carbocycles. The highest BCUT2D eigenvalue weighted by Crippen LogP contribution is 2.30. The monoisotopic (exact) mass is 308 g/mol. The van der Waals surface area contributed by atoms with Gasteiger partial charge in [0.1, 0.15) is 11.4 Å². The zero-order valence-electron chi connectivity index (χ0n) is 12.5. The minimum atomic E-state index is -0.249. The third-order valence-corrected chi connectivity index (χ3v) is 3.78. The van der Waals surface area contributed by atoms with E-state index >= 15 is 0 Å². The average molecular weight is 308 g/mol. The fourth-order valence-electron chi connectivity index (χ4n) is 2.48. The molecule has 3 aromatic rings. The Morgan fingerprint density at radius 3 is 2.70 bits per heavy atom. The average Bonchev–Trinajstić information content (AvgIpc) is 2.91. The zero-order valence-corrected chi connectivity index (χ0v) is 12.5. The molecule has 6 nitrogen and oxygen atoms in total. The van der Waals surface area contributed by atoms with Crippen LogP contribution in [-0.2, 0) is 0 Å². The zero-order chi connectivity index (χ0) is 16.6. The standard InChI is InChI=1S/C17H16N4O2/c1-23-11-3-5-14-12(7-11)15(20)16(21-14)17(22)9-2-4-13(19)10(6-9)8-18/h2-8,18,21H,19-20H2,1H3. The summed E-state index contributed by atoms with van der Waals surface area (Å²) >= 11 is 0. The maximum atomic E-state index is 12.7. The SMILES string of the molecule is COc1ccc2[nH]c(C(=O)c3ccc(N)c(C=N)c3)c(N)c2c1. The Labute approximate surface area is 132 Å². The lowest BCUT2D eigenvalue weighted by Crippen LogP contribution is -2.06. The highest BCUT2D eigenvalue weighted by molar-refractivity contribution is 6.16. The molecule has 1 aromatic heterocycles. The van der Waals surface area contributed by atoms with Crippen molar-refractivity contribution in [1.82, 2.24) is 4.98 Å². The van der Waals surface area contributed by atoms with Crippen LogP contribution in [0, 0.1) is 5.41 Å². The largest absolute Gasteiger partial charge is 0.497 e. The molecular weight excluding hydrogens is 292 g/mol. The van der Waals surface area contributed by atoms with Crippen LogP contribution >= 0.6 is 0 Å². The molecule has 6 heteroatoms. The third kappa shape index (κ3) is 2.40. The van der Waals surface area contributed by atoms with Crippen LogP contribution in [0.1, 0.15) is 21.6 Å². The molecule has 0 fully saturated rings. The first-order chi connectivity index (χ1) is 11.0. The number of H-pyrrole nitrogens is 1. The molecule has 0 spiro atoms. The number of ketones is 1. The first-order valence-electron chi connectivity index (χ1n) is 6.95. The predicted molar refractivity (Wildman–Crippen MR) is 91.4 cm³/mol.